The molecule has 64 heavy (non-hydrogen) atoms. The first-order chi connectivity index (χ1) is 31.4. The number of benzene rings is 6. The predicted molar refractivity (Wildman–Crippen MR) is 288 cm³/mol. The van der Waals surface area contributed by atoms with Gasteiger partial charge in [0.15, 0.2) is 11.5 Å². The van der Waals surface area contributed by atoms with Crippen LogP contribution in [0.2, 0.25) is 0 Å². The normalized spacial score (nSPS) is 11.0. The molecule has 0 fully saturated rings. The van der Waals surface area contributed by atoms with Gasteiger partial charge in [0.1, 0.15) is 11.5 Å². The van der Waals surface area contributed by atoms with Crippen molar-refractivity contribution in [3.05, 3.63) is 114 Å². The van der Waals surface area contributed by atoms with Gasteiger partial charge in [0, 0.05) is 18.3 Å². The van der Waals surface area contributed by atoms with Crippen LogP contribution in [-0.2, 0) is 0 Å². The van der Waals surface area contributed by atoms with E-state index in [0.29, 0.717) is 26.4 Å². The summed E-state index contributed by atoms with van der Waals surface area (Å²) in [6.07, 6.45) is 18.1. The van der Waals surface area contributed by atoms with E-state index in [2.05, 4.69) is 181 Å². The number of unbranched alkanes of at least 4 members (excludes halogenated alkanes) is 12. The number of halogens is 2. The minimum atomic E-state index is 0.634. The lowest BCUT2D eigenvalue weighted by atomic mass is 9.91. The number of ether oxygens (including phenoxy) is 4. The molecule has 0 saturated heterocycles. The molecule has 6 rings (SSSR count). The summed E-state index contributed by atoms with van der Waals surface area (Å²) in [5, 5.41) is 6.51. The van der Waals surface area contributed by atoms with Crippen LogP contribution in [0, 0.1) is 30.8 Å². The van der Waals surface area contributed by atoms with E-state index in [0.717, 1.165) is 129 Å². The van der Waals surface area contributed by atoms with Crippen LogP contribution in [0.4, 0.5) is 0 Å². The van der Waals surface area contributed by atoms with Crippen molar-refractivity contribution < 1.29 is 18.9 Å². The second-order valence-electron chi connectivity index (χ2n) is 16.8. The lowest BCUT2D eigenvalue weighted by Crippen LogP contribution is -2.04. The third-order valence-corrected chi connectivity index (χ3v) is 13.0. The minimum Gasteiger partial charge on any atom is -0.492 e. The molecule has 0 saturated carbocycles. The van der Waals surface area contributed by atoms with Gasteiger partial charge in [-0.15, -0.1) is 0 Å². The van der Waals surface area contributed by atoms with Gasteiger partial charge in [-0.05, 0) is 188 Å². The summed E-state index contributed by atoms with van der Waals surface area (Å²) in [5.41, 5.74) is 3.66. The molecule has 0 aliphatic rings. The summed E-state index contributed by atoms with van der Waals surface area (Å²) in [4.78, 5) is 0. The zero-order valence-corrected chi connectivity index (χ0v) is 42.9. The Labute approximate surface area is 411 Å². The van der Waals surface area contributed by atoms with Crippen molar-refractivity contribution in [3.8, 4) is 46.7 Å². The lowest BCUT2D eigenvalue weighted by Gasteiger charge is -2.19. The fourth-order valence-corrected chi connectivity index (χ4v) is 8.62. The number of fused-ring (bicyclic) bond motifs is 6. The molecule has 0 unspecified atom stereocenters. The molecule has 0 aromatic heterocycles. The second-order valence-corrected chi connectivity index (χ2v) is 19.3. The molecule has 0 amide bonds. The SMILES string of the molecule is CCCCCCOc1cc2c(cc1C#Cc1ccc(I)cc1)c1cc(C#Cc3ccc(I)cc3)c(OCCCCCC)cc1c1cc(OCCCCCC)c(OCCCCCC)cc21. The summed E-state index contributed by atoms with van der Waals surface area (Å²) in [5.74, 6) is 17.2. The van der Waals surface area contributed by atoms with E-state index in [1.807, 2.05) is 0 Å². The van der Waals surface area contributed by atoms with E-state index in [9.17, 15) is 0 Å². The highest BCUT2D eigenvalue weighted by Gasteiger charge is 2.19. The maximum absolute atomic E-state index is 6.71. The molecular weight excluding hydrogens is 1010 g/mol. The second kappa shape index (κ2) is 26.7. The summed E-state index contributed by atoms with van der Waals surface area (Å²) >= 11 is 4.68. The molecule has 6 aromatic carbocycles. The highest BCUT2D eigenvalue weighted by atomic mass is 127. The van der Waals surface area contributed by atoms with Crippen molar-refractivity contribution in [3.63, 3.8) is 0 Å². The Hall–Kier alpha value is -4.12. The molecule has 0 heterocycles. The van der Waals surface area contributed by atoms with Crippen LogP contribution in [0.5, 0.6) is 23.0 Å². The largest absolute Gasteiger partial charge is 0.492 e. The van der Waals surface area contributed by atoms with Crippen molar-refractivity contribution in [2.75, 3.05) is 26.4 Å². The smallest absolute Gasteiger partial charge is 0.161 e. The molecule has 0 N–H and O–H groups in total. The summed E-state index contributed by atoms with van der Waals surface area (Å²) in [7, 11) is 0. The van der Waals surface area contributed by atoms with Crippen molar-refractivity contribution in [2.45, 2.75) is 130 Å². The minimum absolute atomic E-state index is 0.634. The van der Waals surface area contributed by atoms with Gasteiger partial charge >= 0.3 is 0 Å². The molecule has 0 bridgehead atoms. The Morgan fingerprint density at radius 3 is 0.922 bits per heavy atom. The fourth-order valence-electron chi connectivity index (χ4n) is 7.91. The molecule has 6 heteroatoms. The van der Waals surface area contributed by atoms with Gasteiger partial charge in [-0.2, -0.15) is 0 Å². The summed E-state index contributed by atoms with van der Waals surface area (Å²) in [6.45, 7) is 11.5. The number of rotatable bonds is 24. The van der Waals surface area contributed by atoms with Gasteiger partial charge < -0.3 is 18.9 Å². The van der Waals surface area contributed by atoms with E-state index in [1.54, 1.807) is 0 Å². The molecule has 336 valence electrons. The first-order valence-corrected chi connectivity index (χ1v) is 26.2. The van der Waals surface area contributed by atoms with Gasteiger partial charge in [-0.25, -0.2) is 0 Å². The number of hydrogen-bond donors (Lipinski definition) is 0. The zero-order valence-electron chi connectivity index (χ0n) is 38.6. The van der Waals surface area contributed by atoms with Crippen LogP contribution in [0.1, 0.15) is 153 Å². The summed E-state index contributed by atoms with van der Waals surface area (Å²) < 4.78 is 29.1. The average molecular weight is 1080 g/mol. The lowest BCUT2D eigenvalue weighted by molar-refractivity contribution is 0.259. The van der Waals surface area contributed by atoms with Crippen molar-refractivity contribution >= 4 is 77.5 Å². The Kier molecular flexibility index (Phi) is 20.6. The first kappa shape index (κ1) is 49.3. The monoisotopic (exact) mass is 1080 g/mol. The third kappa shape index (κ3) is 14.4. The van der Waals surface area contributed by atoms with Gasteiger partial charge in [-0.1, -0.05) is 128 Å². The van der Waals surface area contributed by atoms with Crippen LogP contribution in [0.3, 0.4) is 0 Å². The maximum atomic E-state index is 6.71. The first-order valence-electron chi connectivity index (χ1n) is 24.0. The summed E-state index contributed by atoms with van der Waals surface area (Å²) in [6, 6.07) is 30.1. The Morgan fingerprint density at radius 1 is 0.328 bits per heavy atom. The van der Waals surface area contributed by atoms with Gasteiger partial charge in [0.25, 0.3) is 0 Å². The van der Waals surface area contributed by atoms with Crippen LogP contribution < -0.4 is 18.9 Å². The molecular formula is C58H66I2O4. The molecule has 6 aromatic rings. The Balaban J connectivity index is 1.61. The number of hydrogen-bond acceptors (Lipinski definition) is 4. The van der Waals surface area contributed by atoms with Crippen molar-refractivity contribution in [2.24, 2.45) is 0 Å². The van der Waals surface area contributed by atoms with Gasteiger partial charge in [0.2, 0.25) is 0 Å². The fraction of sp³-hybridized carbons (Fsp3) is 0.414. The Bertz CT molecular complexity index is 2360. The van der Waals surface area contributed by atoms with Gasteiger partial charge in [0.05, 0.1) is 37.6 Å². The highest BCUT2D eigenvalue weighted by Crippen LogP contribution is 2.45. The highest BCUT2D eigenvalue weighted by molar-refractivity contribution is 14.1. The zero-order chi connectivity index (χ0) is 44.9. The standard InChI is InChI=1S/C58H66I2O4/c1-5-9-13-17-33-61-55-39-51-49(37-45(55)27-21-43-23-29-47(59)30-24-43)50-38-46(28-22-44-25-31-48(60)32-26-44)56(62-34-18-14-10-6-2)40-52(50)54-42-58(64-36-20-16-12-8-4)57(41-53(51)54)63-35-19-15-11-7-3/h23-26,29-32,37-42H,5-20,33-36H2,1-4H3. The van der Waals surface area contributed by atoms with E-state index >= 15 is 0 Å². The molecule has 4 nitrogen and oxygen atoms in total. The topological polar surface area (TPSA) is 36.9 Å². The average Bonchev–Trinajstić information content (AvgIpc) is 3.31. The maximum Gasteiger partial charge on any atom is 0.161 e. The van der Waals surface area contributed by atoms with E-state index < -0.39 is 0 Å². The predicted octanol–water partition coefficient (Wildman–Crippen LogP) is 17.0. The van der Waals surface area contributed by atoms with E-state index in [-0.39, 0.29) is 0 Å². The van der Waals surface area contributed by atoms with Crippen LogP contribution in [0.25, 0.3) is 32.3 Å². The molecule has 0 atom stereocenters. The van der Waals surface area contributed by atoms with Crippen LogP contribution in [-0.4, -0.2) is 26.4 Å². The quantitative estimate of drug-likeness (QED) is 0.0262. The van der Waals surface area contributed by atoms with Crippen LogP contribution in [0.15, 0.2) is 84.9 Å². The molecule has 0 spiro atoms. The van der Waals surface area contributed by atoms with E-state index in [4.69, 9.17) is 18.9 Å². The van der Waals surface area contributed by atoms with Gasteiger partial charge in [-0.3, -0.25) is 0 Å². The van der Waals surface area contributed by atoms with E-state index in [1.165, 1.54) is 58.5 Å². The molecule has 0 aliphatic carbocycles. The third-order valence-electron chi connectivity index (χ3n) is 11.6. The molecule has 0 radical (unpaired) electrons. The Morgan fingerprint density at radius 2 is 0.609 bits per heavy atom. The molecule has 0 aliphatic heterocycles. The van der Waals surface area contributed by atoms with Crippen molar-refractivity contribution in [1.29, 1.82) is 0 Å². The van der Waals surface area contributed by atoms with Crippen LogP contribution >= 0.6 is 45.2 Å². The van der Waals surface area contributed by atoms with Crippen molar-refractivity contribution in [1.82, 2.24) is 0 Å².